The summed E-state index contributed by atoms with van der Waals surface area (Å²) in [5, 5.41) is 16.3. The summed E-state index contributed by atoms with van der Waals surface area (Å²) in [7, 11) is 0. The molecule has 1 unspecified atom stereocenters. The van der Waals surface area contributed by atoms with Crippen LogP contribution >= 0.6 is 24.0 Å². The minimum absolute atomic E-state index is 0. The van der Waals surface area contributed by atoms with Gasteiger partial charge in [-0.2, -0.15) is 0 Å². The van der Waals surface area contributed by atoms with Gasteiger partial charge >= 0.3 is 0 Å². The lowest BCUT2D eigenvalue weighted by atomic mass is 10.0. The number of hydrogen-bond acceptors (Lipinski definition) is 4. The van der Waals surface area contributed by atoms with Crippen LogP contribution in [0.1, 0.15) is 24.0 Å². The summed E-state index contributed by atoms with van der Waals surface area (Å²) in [6, 6.07) is 19.4. The SMILES string of the molecule is CCNC(=NCc1ccnc(Oc2ccc(F)cc2)c1)NCC(CO)c1ccccc1.I. The van der Waals surface area contributed by atoms with Gasteiger partial charge in [0.05, 0.1) is 13.2 Å². The van der Waals surface area contributed by atoms with E-state index >= 15 is 0 Å². The lowest BCUT2D eigenvalue weighted by molar-refractivity contribution is 0.265. The fourth-order valence-corrected chi connectivity index (χ4v) is 2.97. The molecule has 2 aromatic carbocycles. The van der Waals surface area contributed by atoms with Crippen molar-refractivity contribution >= 4 is 29.9 Å². The van der Waals surface area contributed by atoms with E-state index in [9.17, 15) is 9.50 Å². The summed E-state index contributed by atoms with van der Waals surface area (Å²) in [6.45, 7) is 3.74. The van der Waals surface area contributed by atoms with E-state index in [0.29, 0.717) is 30.7 Å². The zero-order valence-electron chi connectivity index (χ0n) is 17.9. The number of halogens is 2. The van der Waals surface area contributed by atoms with Crippen LogP contribution in [0.3, 0.4) is 0 Å². The van der Waals surface area contributed by atoms with Crippen molar-refractivity contribution in [1.29, 1.82) is 0 Å². The van der Waals surface area contributed by atoms with Crippen LogP contribution in [0.25, 0.3) is 0 Å². The molecule has 1 atom stereocenters. The Labute approximate surface area is 205 Å². The third-order valence-corrected chi connectivity index (χ3v) is 4.61. The third kappa shape index (κ3) is 8.08. The number of ether oxygens (including phenoxy) is 1. The molecule has 0 aliphatic carbocycles. The van der Waals surface area contributed by atoms with Gasteiger partial charge in [0.15, 0.2) is 5.96 Å². The van der Waals surface area contributed by atoms with Gasteiger partial charge in [-0.15, -0.1) is 24.0 Å². The molecule has 0 saturated heterocycles. The van der Waals surface area contributed by atoms with Gasteiger partial charge in [-0.05, 0) is 48.4 Å². The normalized spacial score (nSPS) is 11.9. The Morgan fingerprint density at radius 3 is 2.53 bits per heavy atom. The van der Waals surface area contributed by atoms with E-state index in [1.807, 2.05) is 43.3 Å². The predicted molar refractivity (Wildman–Crippen MR) is 135 cm³/mol. The Balaban J connectivity index is 0.00000363. The van der Waals surface area contributed by atoms with Crippen LogP contribution in [0, 0.1) is 5.82 Å². The number of aliphatic imine (C=N–C) groups is 1. The number of pyridine rings is 1. The Bertz CT molecular complexity index is 971. The zero-order chi connectivity index (χ0) is 21.9. The number of benzene rings is 2. The summed E-state index contributed by atoms with van der Waals surface area (Å²) in [6.07, 6.45) is 1.65. The highest BCUT2D eigenvalue weighted by molar-refractivity contribution is 14.0. The molecule has 3 aromatic rings. The molecular formula is C24H28FIN4O2. The van der Waals surface area contributed by atoms with E-state index < -0.39 is 0 Å². The minimum Gasteiger partial charge on any atom is -0.439 e. The quantitative estimate of drug-likeness (QED) is 0.208. The fourth-order valence-electron chi connectivity index (χ4n) is 2.97. The number of nitrogens with one attached hydrogen (secondary N) is 2. The maximum atomic E-state index is 13.0. The lowest BCUT2D eigenvalue weighted by Gasteiger charge is -2.18. The summed E-state index contributed by atoms with van der Waals surface area (Å²) in [5.41, 5.74) is 2.00. The Morgan fingerprint density at radius 2 is 1.84 bits per heavy atom. The first-order valence-electron chi connectivity index (χ1n) is 10.2. The minimum atomic E-state index is -0.317. The van der Waals surface area contributed by atoms with Crippen LogP contribution in [0.4, 0.5) is 4.39 Å². The smallest absolute Gasteiger partial charge is 0.219 e. The van der Waals surface area contributed by atoms with Crippen LogP contribution < -0.4 is 15.4 Å². The lowest BCUT2D eigenvalue weighted by Crippen LogP contribution is -2.39. The van der Waals surface area contributed by atoms with Gasteiger partial charge in [0.25, 0.3) is 0 Å². The number of aliphatic hydroxyl groups is 1. The monoisotopic (exact) mass is 550 g/mol. The van der Waals surface area contributed by atoms with Gasteiger partial charge in [-0.3, -0.25) is 0 Å². The molecule has 0 aliphatic rings. The van der Waals surface area contributed by atoms with Crippen molar-refractivity contribution in [2.24, 2.45) is 4.99 Å². The number of aliphatic hydroxyl groups excluding tert-OH is 1. The summed E-state index contributed by atoms with van der Waals surface area (Å²) < 4.78 is 18.7. The molecule has 32 heavy (non-hydrogen) atoms. The molecule has 0 bridgehead atoms. The number of aromatic nitrogens is 1. The van der Waals surface area contributed by atoms with Crippen molar-refractivity contribution < 1.29 is 14.2 Å². The van der Waals surface area contributed by atoms with Crippen LogP contribution in [-0.4, -0.2) is 35.7 Å². The highest BCUT2D eigenvalue weighted by Gasteiger charge is 2.11. The van der Waals surface area contributed by atoms with Gasteiger partial charge in [0.1, 0.15) is 11.6 Å². The first-order valence-corrected chi connectivity index (χ1v) is 10.2. The van der Waals surface area contributed by atoms with Crippen molar-refractivity contribution in [2.75, 3.05) is 19.7 Å². The Morgan fingerprint density at radius 1 is 1.09 bits per heavy atom. The molecule has 170 valence electrons. The summed E-state index contributed by atoms with van der Waals surface area (Å²) in [4.78, 5) is 8.82. The fraction of sp³-hybridized carbons (Fsp3) is 0.250. The summed E-state index contributed by atoms with van der Waals surface area (Å²) in [5.74, 6) is 1.25. The van der Waals surface area contributed by atoms with E-state index in [-0.39, 0.29) is 42.3 Å². The second kappa shape index (κ2) is 13.6. The number of rotatable bonds is 9. The van der Waals surface area contributed by atoms with E-state index in [4.69, 9.17) is 4.74 Å². The van der Waals surface area contributed by atoms with E-state index in [2.05, 4.69) is 20.6 Å². The molecule has 1 aromatic heterocycles. The van der Waals surface area contributed by atoms with Crippen LogP contribution in [-0.2, 0) is 6.54 Å². The molecule has 0 saturated carbocycles. The highest BCUT2D eigenvalue weighted by Crippen LogP contribution is 2.20. The average Bonchev–Trinajstić information content (AvgIpc) is 2.80. The van der Waals surface area contributed by atoms with Gasteiger partial charge in [0, 0.05) is 31.3 Å². The van der Waals surface area contributed by atoms with Gasteiger partial charge < -0.3 is 20.5 Å². The molecule has 0 aliphatic heterocycles. The molecule has 0 radical (unpaired) electrons. The van der Waals surface area contributed by atoms with Crippen LogP contribution in [0.2, 0.25) is 0 Å². The maximum absolute atomic E-state index is 13.0. The van der Waals surface area contributed by atoms with Crippen molar-refractivity contribution in [1.82, 2.24) is 15.6 Å². The molecule has 3 rings (SSSR count). The molecule has 0 spiro atoms. The standard InChI is InChI=1S/C24H27FN4O2.HI/c1-2-26-24(29-16-20(17-30)19-6-4-3-5-7-19)28-15-18-12-13-27-23(14-18)31-22-10-8-21(25)9-11-22;/h3-14,20,30H,2,15-17H2,1H3,(H2,26,28,29);1H. The third-order valence-electron chi connectivity index (χ3n) is 4.61. The van der Waals surface area contributed by atoms with Crippen molar-refractivity contribution in [3.8, 4) is 11.6 Å². The predicted octanol–water partition coefficient (Wildman–Crippen LogP) is 4.46. The molecule has 6 nitrogen and oxygen atoms in total. The van der Waals surface area contributed by atoms with E-state index in [0.717, 1.165) is 17.7 Å². The second-order valence-corrected chi connectivity index (χ2v) is 6.92. The van der Waals surface area contributed by atoms with Gasteiger partial charge in [-0.25, -0.2) is 14.4 Å². The topological polar surface area (TPSA) is 78.8 Å². The molecule has 0 amide bonds. The van der Waals surface area contributed by atoms with E-state index in [1.165, 1.54) is 12.1 Å². The first-order chi connectivity index (χ1) is 15.2. The number of guanidine groups is 1. The van der Waals surface area contributed by atoms with Crippen LogP contribution in [0.15, 0.2) is 77.9 Å². The second-order valence-electron chi connectivity index (χ2n) is 6.92. The Kier molecular flexibility index (Phi) is 10.9. The van der Waals surface area contributed by atoms with Gasteiger partial charge in [0.2, 0.25) is 5.88 Å². The molecular weight excluding hydrogens is 522 g/mol. The van der Waals surface area contributed by atoms with Crippen LogP contribution in [0.5, 0.6) is 11.6 Å². The number of nitrogens with zero attached hydrogens (tertiary/aromatic N) is 2. The highest BCUT2D eigenvalue weighted by atomic mass is 127. The largest absolute Gasteiger partial charge is 0.439 e. The summed E-state index contributed by atoms with van der Waals surface area (Å²) >= 11 is 0. The molecule has 0 fully saturated rings. The van der Waals surface area contributed by atoms with E-state index in [1.54, 1.807) is 24.4 Å². The maximum Gasteiger partial charge on any atom is 0.219 e. The molecule has 3 N–H and O–H groups in total. The van der Waals surface area contributed by atoms with Gasteiger partial charge in [-0.1, -0.05) is 30.3 Å². The number of hydrogen-bond donors (Lipinski definition) is 3. The Hall–Kier alpha value is -2.72. The van der Waals surface area contributed by atoms with Crippen molar-refractivity contribution in [3.63, 3.8) is 0 Å². The van der Waals surface area contributed by atoms with Crippen molar-refractivity contribution in [2.45, 2.75) is 19.4 Å². The average molecular weight is 550 g/mol. The molecule has 1 heterocycles. The molecule has 8 heteroatoms. The zero-order valence-corrected chi connectivity index (χ0v) is 20.2. The van der Waals surface area contributed by atoms with Crippen molar-refractivity contribution in [3.05, 3.63) is 89.9 Å². The first kappa shape index (κ1) is 25.5.